The summed E-state index contributed by atoms with van der Waals surface area (Å²) in [5.74, 6) is 0.0619. The normalized spacial score (nSPS) is 33.6. The van der Waals surface area contributed by atoms with E-state index in [0.29, 0.717) is 18.5 Å². The number of aliphatic hydroxyl groups is 1. The lowest BCUT2D eigenvalue weighted by atomic mass is 9.82. The van der Waals surface area contributed by atoms with Crippen LogP contribution in [0.4, 0.5) is 0 Å². The molecule has 0 spiro atoms. The minimum atomic E-state index is -0.729. The molecule has 3 rings (SSSR count). The Labute approximate surface area is 121 Å². The zero-order chi connectivity index (χ0) is 14.0. The minimum absolute atomic E-state index is 0.0619. The van der Waals surface area contributed by atoms with Gasteiger partial charge >= 0.3 is 0 Å². The molecule has 4 heteroatoms. The molecule has 2 unspecified atom stereocenters. The van der Waals surface area contributed by atoms with Gasteiger partial charge < -0.3 is 10.4 Å². The Bertz CT molecular complexity index is 352. The lowest BCUT2D eigenvalue weighted by Crippen LogP contribution is -2.48. The van der Waals surface area contributed by atoms with E-state index in [4.69, 9.17) is 0 Å². The van der Waals surface area contributed by atoms with E-state index < -0.39 is 5.60 Å². The fourth-order valence-electron chi connectivity index (χ4n) is 4.36. The summed E-state index contributed by atoms with van der Waals surface area (Å²) in [7, 11) is 0. The number of fused-ring (bicyclic) bond motifs is 1. The smallest absolute Gasteiger partial charge is 0.223 e. The number of piperidine rings is 1. The molecule has 3 aliphatic rings. The number of hydrogen-bond donors (Lipinski definition) is 2. The van der Waals surface area contributed by atoms with Crippen molar-refractivity contribution in [3.05, 3.63) is 0 Å². The highest BCUT2D eigenvalue weighted by Gasteiger charge is 2.38. The van der Waals surface area contributed by atoms with Gasteiger partial charge in [0.25, 0.3) is 0 Å². The van der Waals surface area contributed by atoms with Crippen molar-refractivity contribution in [3.8, 4) is 0 Å². The van der Waals surface area contributed by atoms with E-state index >= 15 is 0 Å². The Morgan fingerprint density at radius 1 is 1.10 bits per heavy atom. The summed E-state index contributed by atoms with van der Waals surface area (Å²) in [6.07, 6.45) is 10.1. The topological polar surface area (TPSA) is 52.6 Å². The van der Waals surface area contributed by atoms with Crippen molar-refractivity contribution in [3.63, 3.8) is 0 Å². The van der Waals surface area contributed by atoms with Crippen LogP contribution in [0.25, 0.3) is 0 Å². The number of nitrogens with zero attached hydrogens (tertiary/aromatic N) is 1. The van der Waals surface area contributed by atoms with Gasteiger partial charge in [-0.2, -0.15) is 0 Å². The molecule has 2 aliphatic heterocycles. The van der Waals surface area contributed by atoms with Crippen molar-refractivity contribution in [1.29, 1.82) is 0 Å². The number of rotatable bonds is 3. The Hall–Kier alpha value is -0.610. The maximum Gasteiger partial charge on any atom is 0.223 e. The van der Waals surface area contributed by atoms with E-state index in [1.54, 1.807) is 0 Å². The van der Waals surface area contributed by atoms with Crippen molar-refractivity contribution in [1.82, 2.24) is 10.2 Å². The molecule has 0 aromatic carbocycles. The average Bonchev–Trinajstić information content (AvgIpc) is 2.82. The third-order valence-electron chi connectivity index (χ3n) is 5.48. The first-order valence-electron chi connectivity index (χ1n) is 8.42. The Morgan fingerprint density at radius 2 is 1.90 bits per heavy atom. The fourth-order valence-corrected chi connectivity index (χ4v) is 4.36. The second-order valence-corrected chi connectivity index (χ2v) is 7.02. The number of amides is 1. The van der Waals surface area contributed by atoms with E-state index in [1.165, 1.54) is 32.2 Å². The first-order chi connectivity index (χ1) is 9.66. The molecule has 1 saturated carbocycles. The highest BCUT2D eigenvalue weighted by atomic mass is 16.3. The fraction of sp³-hybridized carbons (Fsp3) is 0.938. The van der Waals surface area contributed by atoms with Crippen LogP contribution >= 0.6 is 0 Å². The van der Waals surface area contributed by atoms with Gasteiger partial charge in [0.15, 0.2) is 0 Å². The van der Waals surface area contributed by atoms with Crippen LogP contribution in [0, 0.1) is 0 Å². The summed E-state index contributed by atoms with van der Waals surface area (Å²) in [4.78, 5) is 14.8. The average molecular weight is 280 g/mol. The van der Waals surface area contributed by atoms with E-state index in [-0.39, 0.29) is 5.91 Å². The number of nitrogens with one attached hydrogen (secondary N) is 1. The Morgan fingerprint density at radius 3 is 2.70 bits per heavy atom. The second-order valence-electron chi connectivity index (χ2n) is 7.02. The van der Waals surface area contributed by atoms with Gasteiger partial charge in [0, 0.05) is 18.6 Å². The van der Waals surface area contributed by atoms with Crippen LogP contribution in [0.3, 0.4) is 0 Å². The first-order valence-corrected chi connectivity index (χ1v) is 8.42. The highest BCUT2D eigenvalue weighted by Crippen LogP contribution is 2.31. The second kappa shape index (κ2) is 6.02. The summed E-state index contributed by atoms with van der Waals surface area (Å²) in [5.41, 5.74) is -0.729. The lowest BCUT2D eigenvalue weighted by Gasteiger charge is -2.34. The molecule has 0 aromatic rings. The van der Waals surface area contributed by atoms with E-state index in [1.807, 2.05) is 0 Å². The molecule has 2 saturated heterocycles. The first kappa shape index (κ1) is 14.3. The van der Waals surface area contributed by atoms with Crippen LogP contribution in [-0.4, -0.2) is 46.7 Å². The molecule has 2 N–H and O–H groups in total. The predicted molar refractivity (Wildman–Crippen MR) is 78.4 cm³/mol. The van der Waals surface area contributed by atoms with Crippen molar-refractivity contribution in [2.24, 2.45) is 0 Å². The standard InChI is InChI=1S/C16H28N2O2/c19-15(12-16(20)8-3-1-4-9-16)17-13-7-11-18-10-5-2-6-14(13)18/h13-14,20H,1-12H2,(H,17,19). The monoisotopic (exact) mass is 280 g/mol. The Balaban J connectivity index is 1.51. The molecule has 4 nitrogen and oxygen atoms in total. The van der Waals surface area contributed by atoms with Crippen LogP contribution in [0.1, 0.15) is 64.2 Å². The van der Waals surface area contributed by atoms with Gasteiger partial charge in [-0.15, -0.1) is 0 Å². The molecule has 2 heterocycles. The third-order valence-corrected chi connectivity index (χ3v) is 5.48. The molecule has 0 bridgehead atoms. The summed E-state index contributed by atoms with van der Waals surface area (Å²) < 4.78 is 0. The number of hydrogen-bond acceptors (Lipinski definition) is 3. The van der Waals surface area contributed by atoms with Crippen LogP contribution < -0.4 is 5.32 Å². The van der Waals surface area contributed by atoms with Gasteiger partial charge in [0.05, 0.1) is 12.0 Å². The van der Waals surface area contributed by atoms with Crippen molar-refractivity contribution < 1.29 is 9.90 Å². The molecule has 1 amide bonds. The lowest BCUT2D eigenvalue weighted by molar-refractivity contribution is -0.128. The summed E-state index contributed by atoms with van der Waals surface area (Å²) in [6.45, 7) is 2.32. The summed E-state index contributed by atoms with van der Waals surface area (Å²) in [6, 6.07) is 0.865. The maximum absolute atomic E-state index is 12.3. The Kier molecular flexibility index (Phi) is 4.32. The molecular weight excluding hydrogens is 252 g/mol. The molecule has 20 heavy (non-hydrogen) atoms. The molecule has 0 aromatic heterocycles. The maximum atomic E-state index is 12.3. The van der Waals surface area contributed by atoms with Crippen molar-refractivity contribution in [2.75, 3.05) is 13.1 Å². The zero-order valence-electron chi connectivity index (χ0n) is 12.4. The van der Waals surface area contributed by atoms with Gasteiger partial charge in [0.1, 0.15) is 0 Å². The predicted octanol–water partition coefficient (Wildman–Crippen LogP) is 1.81. The molecule has 1 aliphatic carbocycles. The molecule has 0 radical (unpaired) electrons. The number of carbonyl (C=O) groups excluding carboxylic acids is 1. The van der Waals surface area contributed by atoms with Crippen LogP contribution in [0.2, 0.25) is 0 Å². The van der Waals surface area contributed by atoms with Gasteiger partial charge in [-0.3, -0.25) is 9.69 Å². The number of carbonyl (C=O) groups is 1. The van der Waals surface area contributed by atoms with Crippen molar-refractivity contribution >= 4 is 5.91 Å². The summed E-state index contributed by atoms with van der Waals surface area (Å²) in [5, 5.41) is 13.7. The summed E-state index contributed by atoms with van der Waals surface area (Å²) >= 11 is 0. The largest absolute Gasteiger partial charge is 0.389 e. The highest BCUT2D eigenvalue weighted by molar-refractivity contribution is 5.77. The van der Waals surface area contributed by atoms with Crippen LogP contribution in [0.15, 0.2) is 0 Å². The SMILES string of the molecule is O=C(CC1(O)CCCCC1)NC1CCN2CCCCC12. The van der Waals surface area contributed by atoms with Gasteiger partial charge in [-0.05, 0) is 38.6 Å². The zero-order valence-corrected chi connectivity index (χ0v) is 12.4. The van der Waals surface area contributed by atoms with Gasteiger partial charge in [-0.1, -0.05) is 25.7 Å². The molecule has 114 valence electrons. The van der Waals surface area contributed by atoms with E-state index in [0.717, 1.165) is 38.6 Å². The third kappa shape index (κ3) is 3.17. The quantitative estimate of drug-likeness (QED) is 0.829. The molecule has 3 fully saturated rings. The van der Waals surface area contributed by atoms with Crippen LogP contribution in [-0.2, 0) is 4.79 Å². The van der Waals surface area contributed by atoms with Crippen molar-refractivity contribution in [2.45, 2.75) is 81.9 Å². The van der Waals surface area contributed by atoms with E-state index in [9.17, 15) is 9.90 Å². The van der Waals surface area contributed by atoms with Crippen LogP contribution in [0.5, 0.6) is 0 Å². The molecule has 2 atom stereocenters. The van der Waals surface area contributed by atoms with Gasteiger partial charge in [-0.25, -0.2) is 0 Å². The molecular formula is C16H28N2O2. The minimum Gasteiger partial charge on any atom is -0.389 e. The van der Waals surface area contributed by atoms with E-state index in [2.05, 4.69) is 10.2 Å². The van der Waals surface area contributed by atoms with Gasteiger partial charge in [0.2, 0.25) is 5.91 Å².